The van der Waals surface area contributed by atoms with Gasteiger partial charge in [0.2, 0.25) is 5.91 Å². The van der Waals surface area contributed by atoms with E-state index in [9.17, 15) is 9.59 Å². The number of fused-ring (bicyclic) bond motifs is 1. The number of aromatic nitrogens is 2. The van der Waals surface area contributed by atoms with Crippen LogP contribution in [-0.4, -0.2) is 41.1 Å². The summed E-state index contributed by atoms with van der Waals surface area (Å²) >= 11 is 0. The number of nitrogens with zero attached hydrogens (tertiary/aromatic N) is 1. The summed E-state index contributed by atoms with van der Waals surface area (Å²) in [5.41, 5.74) is 9.18. The first-order chi connectivity index (χ1) is 15.6. The molecule has 2 aromatic carbocycles. The fourth-order valence-electron chi connectivity index (χ4n) is 3.47. The fraction of sp³-hybridized carbons (Fsp3) is 0.208. The number of H-pyrrole nitrogens is 1. The van der Waals surface area contributed by atoms with Gasteiger partial charge in [-0.3, -0.25) is 9.59 Å². The third kappa shape index (κ3) is 5.04. The van der Waals surface area contributed by atoms with Crippen LogP contribution in [0.3, 0.4) is 0 Å². The lowest BCUT2D eigenvalue weighted by Crippen LogP contribution is -2.42. The summed E-state index contributed by atoms with van der Waals surface area (Å²) in [7, 11) is 0. The third-order valence-corrected chi connectivity index (χ3v) is 5.19. The third-order valence-electron chi connectivity index (χ3n) is 5.19. The van der Waals surface area contributed by atoms with E-state index in [-0.39, 0.29) is 17.5 Å². The van der Waals surface area contributed by atoms with Gasteiger partial charge in [-0.05, 0) is 24.5 Å². The molecule has 4 rings (SSSR count). The topological polar surface area (TPSA) is 126 Å². The summed E-state index contributed by atoms with van der Waals surface area (Å²) in [4.78, 5) is 27.7. The highest BCUT2D eigenvalue weighted by atomic mass is 16.5. The average molecular weight is 431 g/mol. The van der Waals surface area contributed by atoms with Crippen molar-refractivity contribution in [1.29, 1.82) is 0 Å². The van der Waals surface area contributed by atoms with Crippen LogP contribution in [0.15, 0.2) is 71.4 Å². The lowest BCUT2D eigenvalue weighted by Gasteiger charge is -2.12. The molecule has 0 bridgehead atoms. The molecular formula is C24H25N5O3. The number of carbonyl (C=O) groups excluding carboxylic acids is 2. The zero-order valence-corrected chi connectivity index (χ0v) is 17.5. The van der Waals surface area contributed by atoms with Gasteiger partial charge < -0.3 is 25.9 Å². The minimum atomic E-state index is -0.643. The highest BCUT2D eigenvalue weighted by Gasteiger charge is 2.16. The lowest BCUT2D eigenvalue weighted by molar-refractivity contribution is -0.122. The van der Waals surface area contributed by atoms with E-state index < -0.39 is 6.04 Å². The minimum absolute atomic E-state index is 0.216. The number of nitrogens with two attached hydrogens (primary N) is 1. The number of amides is 2. The molecule has 0 aliphatic rings. The van der Waals surface area contributed by atoms with Gasteiger partial charge in [-0.25, -0.2) is 0 Å². The van der Waals surface area contributed by atoms with Crippen molar-refractivity contribution in [2.24, 2.45) is 5.73 Å². The summed E-state index contributed by atoms with van der Waals surface area (Å²) < 4.78 is 5.24. The molecule has 1 atom stereocenters. The van der Waals surface area contributed by atoms with Crippen molar-refractivity contribution in [3.8, 4) is 11.3 Å². The van der Waals surface area contributed by atoms with Gasteiger partial charge in [0.05, 0.1) is 6.04 Å². The van der Waals surface area contributed by atoms with Crippen LogP contribution in [-0.2, 0) is 11.2 Å². The molecule has 0 unspecified atom stereocenters. The van der Waals surface area contributed by atoms with Gasteiger partial charge in [0.25, 0.3) is 5.91 Å². The van der Waals surface area contributed by atoms with E-state index in [1.165, 1.54) is 0 Å². The van der Waals surface area contributed by atoms with Crippen LogP contribution in [0.2, 0.25) is 0 Å². The van der Waals surface area contributed by atoms with Gasteiger partial charge in [0.15, 0.2) is 11.5 Å². The Morgan fingerprint density at radius 3 is 2.62 bits per heavy atom. The number of nitrogens with one attached hydrogen (secondary N) is 3. The van der Waals surface area contributed by atoms with E-state index in [1.54, 1.807) is 6.07 Å². The lowest BCUT2D eigenvalue weighted by atomic mass is 10.1. The van der Waals surface area contributed by atoms with Crippen LogP contribution in [0.1, 0.15) is 22.5 Å². The Kier molecular flexibility index (Phi) is 6.62. The molecule has 32 heavy (non-hydrogen) atoms. The molecule has 0 aliphatic carbocycles. The molecule has 2 aromatic heterocycles. The van der Waals surface area contributed by atoms with Crippen LogP contribution >= 0.6 is 0 Å². The summed E-state index contributed by atoms with van der Waals surface area (Å²) in [6.45, 7) is 0.805. The van der Waals surface area contributed by atoms with Crippen molar-refractivity contribution >= 4 is 22.7 Å². The molecule has 8 nitrogen and oxygen atoms in total. The molecule has 0 aliphatic heterocycles. The quantitative estimate of drug-likeness (QED) is 0.303. The fourth-order valence-corrected chi connectivity index (χ4v) is 3.47. The van der Waals surface area contributed by atoms with E-state index >= 15 is 0 Å². The predicted molar refractivity (Wildman–Crippen MR) is 122 cm³/mol. The van der Waals surface area contributed by atoms with Gasteiger partial charge >= 0.3 is 0 Å². The summed E-state index contributed by atoms with van der Waals surface area (Å²) in [5.74, 6) is -0.00360. The minimum Gasteiger partial charge on any atom is -0.361 e. The Labute approximate surface area is 185 Å². The highest BCUT2D eigenvalue weighted by Crippen LogP contribution is 2.20. The second-order valence-corrected chi connectivity index (χ2v) is 7.51. The van der Waals surface area contributed by atoms with Crippen molar-refractivity contribution in [2.75, 3.05) is 13.1 Å². The maximum absolute atomic E-state index is 12.3. The van der Waals surface area contributed by atoms with Crippen LogP contribution < -0.4 is 16.4 Å². The molecule has 8 heteroatoms. The second-order valence-electron chi connectivity index (χ2n) is 7.51. The Morgan fingerprint density at radius 1 is 1.03 bits per heavy atom. The second kappa shape index (κ2) is 9.93. The number of rotatable bonds is 9. The highest BCUT2D eigenvalue weighted by molar-refractivity contribution is 5.93. The van der Waals surface area contributed by atoms with E-state index in [0.717, 1.165) is 22.0 Å². The largest absolute Gasteiger partial charge is 0.361 e. The number of benzene rings is 2. The van der Waals surface area contributed by atoms with Crippen LogP contribution in [0.25, 0.3) is 22.2 Å². The SMILES string of the molecule is N[C@@H](Cc1c[nH]c2ccccc12)C(=O)NCCCNC(=O)c1cc(-c2ccccc2)on1. The number of hydrogen-bond donors (Lipinski definition) is 4. The average Bonchev–Trinajstić information content (AvgIpc) is 3.47. The van der Waals surface area contributed by atoms with Crippen molar-refractivity contribution in [3.63, 3.8) is 0 Å². The zero-order chi connectivity index (χ0) is 22.3. The van der Waals surface area contributed by atoms with Crippen molar-refractivity contribution in [2.45, 2.75) is 18.9 Å². The Balaban J connectivity index is 1.18. The van der Waals surface area contributed by atoms with Gasteiger partial charge in [-0.15, -0.1) is 0 Å². The molecule has 2 amide bonds. The Bertz CT molecular complexity index is 1200. The number of hydrogen-bond acceptors (Lipinski definition) is 5. The molecule has 164 valence electrons. The molecule has 2 heterocycles. The van der Waals surface area contributed by atoms with E-state index in [4.69, 9.17) is 10.3 Å². The summed E-state index contributed by atoms with van der Waals surface area (Å²) in [6.07, 6.45) is 2.91. The van der Waals surface area contributed by atoms with Gasteiger partial charge in [0, 0.05) is 41.8 Å². The predicted octanol–water partition coefficient (Wildman–Crippen LogP) is 2.63. The molecule has 0 spiro atoms. The Hall–Kier alpha value is -3.91. The maximum Gasteiger partial charge on any atom is 0.273 e. The smallest absolute Gasteiger partial charge is 0.273 e. The number of carbonyl (C=O) groups is 2. The van der Waals surface area contributed by atoms with E-state index in [0.29, 0.717) is 31.7 Å². The monoisotopic (exact) mass is 431 g/mol. The molecule has 0 fully saturated rings. The van der Waals surface area contributed by atoms with E-state index in [2.05, 4.69) is 20.8 Å². The molecule has 0 radical (unpaired) electrons. The molecule has 0 saturated carbocycles. The maximum atomic E-state index is 12.3. The summed E-state index contributed by atoms with van der Waals surface area (Å²) in [6, 6.07) is 18.3. The molecule has 5 N–H and O–H groups in total. The van der Waals surface area contributed by atoms with Crippen molar-refractivity contribution in [1.82, 2.24) is 20.8 Å². The normalized spacial score (nSPS) is 11.9. The number of para-hydroxylation sites is 1. The first-order valence-corrected chi connectivity index (χ1v) is 10.5. The van der Waals surface area contributed by atoms with Crippen LogP contribution in [0.4, 0.5) is 0 Å². The van der Waals surface area contributed by atoms with Gasteiger partial charge in [0.1, 0.15) is 0 Å². The number of aromatic amines is 1. The molecule has 0 saturated heterocycles. The molecular weight excluding hydrogens is 406 g/mol. The van der Waals surface area contributed by atoms with Gasteiger partial charge in [-0.1, -0.05) is 53.7 Å². The Morgan fingerprint density at radius 2 is 1.78 bits per heavy atom. The standard InChI is InChI=1S/C24H25N5O3/c25-19(13-17-15-28-20-10-5-4-9-18(17)20)23(30)26-11-6-12-27-24(31)21-14-22(32-29-21)16-7-2-1-3-8-16/h1-5,7-10,14-15,19,28H,6,11-13,25H2,(H,26,30)(H,27,31)/t19-/m0/s1. The molecule has 4 aromatic rings. The van der Waals surface area contributed by atoms with Crippen LogP contribution in [0.5, 0.6) is 0 Å². The van der Waals surface area contributed by atoms with Gasteiger partial charge in [-0.2, -0.15) is 0 Å². The van der Waals surface area contributed by atoms with Crippen molar-refractivity contribution in [3.05, 3.63) is 78.1 Å². The van der Waals surface area contributed by atoms with Crippen molar-refractivity contribution < 1.29 is 14.1 Å². The first-order valence-electron chi connectivity index (χ1n) is 10.5. The van der Waals surface area contributed by atoms with E-state index in [1.807, 2.05) is 60.8 Å². The zero-order valence-electron chi connectivity index (χ0n) is 17.5. The first kappa shape index (κ1) is 21.3. The summed E-state index contributed by atoms with van der Waals surface area (Å²) in [5, 5.41) is 10.5. The van der Waals surface area contributed by atoms with Crippen LogP contribution in [0, 0.1) is 0 Å².